The van der Waals surface area contributed by atoms with Crippen molar-refractivity contribution in [2.45, 2.75) is 12.2 Å². The lowest BCUT2D eigenvalue weighted by molar-refractivity contribution is 0.224. The predicted octanol–water partition coefficient (Wildman–Crippen LogP) is 2.53. The lowest BCUT2D eigenvalue weighted by atomic mass is 9.95. The maximum absolute atomic E-state index is 13.6. The summed E-state index contributed by atoms with van der Waals surface area (Å²) in [4.78, 5) is 0. The van der Waals surface area contributed by atoms with Crippen molar-refractivity contribution in [2.24, 2.45) is 11.5 Å². The molecule has 0 saturated carbocycles. The summed E-state index contributed by atoms with van der Waals surface area (Å²) in [5, 5.41) is 0. The van der Waals surface area contributed by atoms with Crippen molar-refractivity contribution < 1.29 is 8.78 Å². The van der Waals surface area contributed by atoms with Gasteiger partial charge >= 0.3 is 0 Å². The number of benzene rings is 1. The van der Waals surface area contributed by atoms with Gasteiger partial charge in [-0.3, -0.25) is 5.73 Å². The molecule has 0 saturated heterocycles. The summed E-state index contributed by atoms with van der Waals surface area (Å²) in [7, 11) is 1.50. The van der Waals surface area contributed by atoms with Crippen molar-refractivity contribution in [1.82, 2.24) is 0 Å². The zero-order chi connectivity index (χ0) is 13.8. The molecule has 6 N–H and O–H groups in total. The Morgan fingerprint density at radius 2 is 1.68 bits per heavy atom. The van der Waals surface area contributed by atoms with E-state index >= 15 is 0 Å². The third kappa shape index (κ3) is 4.63. The summed E-state index contributed by atoms with van der Waals surface area (Å²) in [5.41, 5.74) is 16.8. The van der Waals surface area contributed by atoms with Crippen LogP contribution in [0.15, 0.2) is 42.2 Å². The molecule has 1 unspecified atom stereocenters. The first-order valence-corrected chi connectivity index (χ1v) is 5.47. The zero-order valence-electron chi connectivity index (χ0n) is 10.6. The first-order chi connectivity index (χ1) is 8.48. The molecule has 0 aliphatic heterocycles. The molecule has 0 spiro atoms. The quantitative estimate of drug-likeness (QED) is 0.549. The molecule has 0 amide bonds. The lowest BCUT2D eigenvalue weighted by Gasteiger charge is -2.20. The average Bonchev–Trinajstić information content (AvgIpc) is 2.32. The number of allylic oxidation sites excluding steroid dienone is 2. The van der Waals surface area contributed by atoms with E-state index in [-0.39, 0.29) is 12.4 Å². The molecule has 0 radical (unpaired) electrons. The zero-order valence-corrected chi connectivity index (χ0v) is 11.4. The molecule has 2 rings (SSSR count). The van der Waals surface area contributed by atoms with Crippen LogP contribution in [-0.2, 0) is 0 Å². The topological polar surface area (TPSA) is 78.1 Å². The Kier molecular flexibility index (Phi) is 6.69. The van der Waals surface area contributed by atoms with Crippen LogP contribution >= 0.6 is 12.4 Å². The van der Waals surface area contributed by atoms with Gasteiger partial charge in [0.25, 0.3) is 0 Å². The van der Waals surface area contributed by atoms with Gasteiger partial charge in [0.2, 0.25) is 0 Å². The predicted molar refractivity (Wildman–Crippen MR) is 78.0 cm³/mol. The second-order valence-electron chi connectivity index (χ2n) is 3.88. The number of hydrogen-bond donors (Lipinski definition) is 3. The van der Waals surface area contributed by atoms with Crippen molar-refractivity contribution >= 4 is 23.7 Å². The van der Waals surface area contributed by atoms with E-state index in [4.69, 9.17) is 11.5 Å². The van der Waals surface area contributed by atoms with Gasteiger partial charge in [-0.05, 0) is 30.8 Å². The third-order valence-corrected chi connectivity index (χ3v) is 2.47. The number of nitrogen functional groups attached to an aromatic ring is 1. The second-order valence-corrected chi connectivity index (χ2v) is 3.88. The van der Waals surface area contributed by atoms with Crippen LogP contribution in [0.1, 0.15) is 12.0 Å². The minimum Gasteiger partial charge on any atom is -0.399 e. The highest BCUT2D eigenvalue weighted by Crippen LogP contribution is 2.32. The van der Waals surface area contributed by atoms with Gasteiger partial charge in [-0.1, -0.05) is 18.2 Å². The SMILES string of the molecule is CN.Cl.Nc1ccc(C2=C(F)CC(N)(F)C=C2)cc1. The number of nitrogens with two attached hydrogens (primary N) is 3. The minimum absolute atomic E-state index is 0. The first-order valence-electron chi connectivity index (χ1n) is 5.47. The highest BCUT2D eigenvalue weighted by atomic mass is 35.5. The van der Waals surface area contributed by atoms with E-state index in [0.29, 0.717) is 16.8 Å². The minimum atomic E-state index is -2.08. The maximum Gasteiger partial charge on any atom is 0.184 e. The molecular formula is C13H18ClF2N3. The number of rotatable bonds is 1. The number of hydrogen-bond acceptors (Lipinski definition) is 3. The molecule has 1 aromatic rings. The van der Waals surface area contributed by atoms with E-state index in [1.165, 1.54) is 19.2 Å². The Hall–Kier alpha value is -1.43. The summed E-state index contributed by atoms with van der Waals surface area (Å²) in [6.07, 6.45) is 2.11. The molecule has 1 aliphatic rings. The van der Waals surface area contributed by atoms with Crippen molar-refractivity contribution in [3.05, 3.63) is 47.8 Å². The van der Waals surface area contributed by atoms with Crippen LogP contribution in [0.25, 0.3) is 5.57 Å². The van der Waals surface area contributed by atoms with Gasteiger partial charge in [0.1, 0.15) is 5.83 Å². The Morgan fingerprint density at radius 3 is 2.16 bits per heavy atom. The van der Waals surface area contributed by atoms with Crippen LogP contribution in [0.4, 0.5) is 14.5 Å². The van der Waals surface area contributed by atoms with Gasteiger partial charge in [0.05, 0.1) is 6.42 Å². The highest BCUT2D eigenvalue weighted by Gasteiger charge is 2.27. The van der Waals surface area contributed by atoms with Gasteiger partial charge in [-0.25, -0.2) is 8.78 Å². The molecule has 0 aromatic heterocycles. The fourth-order valence-corrected chi connectivity index (χ4v) is 1.62. The monoisotopic (exact) mass is 289 g/mol. The molecule has 1 atom stereocenters. The fourth-order valence-electron chi connectivity index (χ4n) is 1.62. The smallest absolute Gasteiger partial charge is 0.184 e. The normalized spacial score (nSPS) is 21.3. The van der Waals surface area contributed by atoms with Crippen LogP contribution in [0.5, 0.6) is 0 Å². The van der Waals surface area contributed by atoms with E-state index in [0.717, 1.165) is 0 Å². The number of halogens is 3. The Labute approximate surface area is 117 Å². The maximum atomic E-state index is 13.6. The van der Waals surface area contributed by atoms with E-state index in [9.17, 15) is 8.78 Å². The largest absolute Gasteiger partial charge is 0.399 e. The van der Waals surface area contributed by atoms with Crippen molar-refractivity contribution in [2.75, 3.05) is 12.8 Å². The van der Waals surface area contributed by atoms with Crippen LogP contribution in [0.2, 0.25) is 0 Å². The molecule has 106 valence electrons. The molecule has 1 aromatic carbocycles. The average molecular weight is 290 g/mol. The van der Waals surface area contributed by atoms with Crippen molar-refractivity contribution in [1.29, 1.82) is 0 Å². The van der Waals surface area contributed by atoms with E-state index in [1.807, 2.05) is 0 Å². The Balaban J connectivity index is 0.00000103. The molecule has 1 aliphatic carbocycles. The van der Waals surface area contributed by atoms with Gasteiger partial charge in [0.15, 0.2) is 5.79 Å². The van der Waals surface area contributed by atoms with Crippen molar-refractivity contribution in [3.8, 4) is 0 Å². The van der Waals surface area contributed by atoms with Crippen LogP contribution in [0, 0.1) is 0 Å². The summed E-state index contributed by atoms with van der Waals surface area (Å²) in [5.74, 6) is -2.63. The number of alkyl halides is 1. The second kappa shape index (κ2) is 7.23. The molecule has 6 heteroatoms. The third-order valence-electron chi connectivity index (χ3n) is 2.47. The summed E-state index contributed by atoms with van der Waals surface area (Å²) < 4.78 is 26.9. The Morgan fingerprint density at radius 1 is 1.16 bits per heavy atom. The molecular weight excluding hydrogens is 272 g/mol. The van der Waals surface area contributed by atoms with Gasteiger partial charge in [-0.15, -0.1) is 12.4 Å². The molecule has 0 heterocycles. The van der Waals surface area contributed by atoms with Crippen LogP contribution < -0.4 is 17.2 Å². The van der Waals surface area contributed by atoms with E-state index in [1.54, 1.807) is 24.3 Å². The Bertz CT molecular complexity index is 467. The highest BCUT2D eigenvalue weighted by molar-refractivity contribution is 5.85. The molecule has 3 nitrogen and oxygen atoms in total. The van der Waals surface area contributed by atoms with Crippen LogP contribution in [-0.4, -0.2) is 12.8 Å². The molecule has 0 fully saturated rings. The van der Waals surface area contributed by atoms with Crippen LogP contribution in [0.3, 0.4) is 0 Å². The summed E-state index contributed by atoms with van der Waals surface area (Å²) >= 11 is 0. The fraction of sp³-hybridized carbons (Fsp3) is 0.231. The first kappa shape index (κ1) is 17.6. The van der Waals surface area contributed by atoms with E-state index in [2.05, 4.69) is 5.73 Å². The summed E-state index contributed by atoms with van der Waals surface area (Å²) in [6, 6.07) is 6.72. The standard InChI is InChI=1S/C12H12F2N2.CH5N.ClH/c13-11-7-12(14,16)6-5-10(11)8-1-3-9(15)4-2-8;1-2;/h1-6H,7,15-16H2;2H2,1H3;1H. The molecule has 0 bridgehead atoms. The van der Waals surface area contributed by atoms with Gasteiger partial charge in [-0.2, -0.15) is 0 Å². The molecule has 19 heavy (non-hydrogen) atoms. The van der Waals surface area contributed by atoms with E-state index < -0.39 is 18.0 Å². The van der Waals surface area contributed by atoms with Gasteiger partial charge < -0.3 is 11.5 Å². The van der Waals surface area contributed by atoms with Gasteiger partial charge in [0, 0.05) is 11.3 Å². The summed E-state index contributed by atoms with van der Waals surface area (Å²) in [6.45, 7) is 0. The van der Waals surface area contributed by atoms with Crippen molar-refractivity contribution in [3.63, 3.8) is 0 Å². The lowest BCUT2D eigenvalue weighted by Crippen LogP contribution is -2.33. The number of anilines is 1.